The van der Waals surface area contributed by atoms with Crippen LogP contribution in [0.3, 0.4) is 0 Å². The van der Waals surface area contributed by atoms with Gasteiger partial charge in [0.2, 0.25) is 0 Å². The molecule has 0 fully saturated rings. The largest absolute Gasteiger partial charge is 0.236 e. The van der Waals surface area contributed by atoms with E-state index in [1.807, 2.05) is 0 Å². The van der Waals surface area contributed by atoms with Crippen molar-refractivity contribution >= 4 is 17.0 Å². The molecule has 13 heavy (non-hydrogen) atoms. The average molecular weight is 191 g/mol. The maximum Gasteiger partial charge on any atom is 0.171 e. The van der Waals surface area contributed by atoms with E-state index in [4.69, 9.17) is 0 Å². The number of thiophene rings is 1. The lowest BCUT2D eigenvalue weighted by Crippen LogP contribution is -1.82. The summed E-state index contributed by atoms with van der Waals surface area (Å²) in [6, 6.07) is 3.38. The van der Waals surface area contributed by atoms with Crippen LogP contribution in [-0.4, -0.2) is 9.97 Å². The predicted octanol–water partition coefficient (Wildman–Crippen LogP) is 2.60. The molecule has 0 aliphatic rings. The van der Waals surface area contributed by atoms with Crippen molar-refractivity contribution in [2.45, 2.75) is 0 Å². The van der Waals surface area contributed by atoms with E-state index in [2.05, 4.69) is 15.1 Å². The highest BCUT2D eigenvalue weighted by Gasteiger charge is 2.08. The van der Waals surface area contributed by atoms with Crippen LogP contribution in [0.4, 0.5) is 5.69 Å². The first-order valence-electron chi connectivity index (χ1n) is 3.60. The Balaban J connectivity index is 2.52. The normalized spacial score (nSPS) is 9.85. The molecule has 0 saturated carbocycles. The summed E-state index contributed by atoms with van der Waals surface area (Å²) in [5.41, 5.74) is 0.399. The van der Waals surface area contributed by atoms with Crippen molar-refractivity contribution in [3.05, 3.63) is 34.8 Å². The first-order chi connectivity index (χ1) is 6.42. The molecule has 0 atom stereocenters. The lowest BCUT2D eigenvalue weighted by Gasteiger charge is -1.93. The Bertz CT molecular complexity index is 412. The second kappa shape index (κ2) is 3.40. The van der Waals surface area contributed by atoms with E-state index < -0.39 is 0 Å². The van der Waals surface area contributed by atoms with Crippen LogP contribution in [0.2, 0.25) is 0 Å². The highest BCUT2D eigenvalue weighted by molar-refractivity contribution is 7.14. The zero-order chi connectivity index (χ0) is 9.10. The van der Waals surface area contributed by atoms with E-state index in [-0.39, 0.29) is 0 Å². The molecule has 0 aromatic carbocycles. The number of rotatable bonds is 2. The van der Waals surface area contributed by atoms with Crippen LogP contribution in [0.15, 0.2) is 35.1 Å². The van der Waals surface area contributed by atoms with Crippen LogP contribution in [0, 0.1) is 4.91 Å². The van der Waals surface area contributed by atoms with Gasteiger partial charge in [0.1, 0.15) is 10.6 Å². The molecule has 0 amide bonds. The quantitative estimate of drug-likeness (QED) is 0.685. The van der Waals surface area contributed by atoms with Gasteiger partial charge >= 0.3 is 0 Å². The Morgan fingerprint density at radius 1 is 1.31 bits per heavy atom. The predicted molar refractivity (Wildman–Crippen MR) is 50.8 cm³/mol. The van der Waals surface area contributed by atoms with Crippen molar-refractivity contribution in [3.63, 3.8) is 0 Å². The number of hydrogen-bond acceptors (Lipinski definition) is 5. The molecule has 4 nitrogen and oxygen atoms in total. The summed E-state index contributed by atoms with van der Waals surface area (Å²) in [5.74, 6) is 0.548. The Kier molecular flexibility index (Phi) is 2.09. The highest BCUT2D eigenvalue weighted by Crippen LogP contribution is 2.32. The van der Waals surface area contributed by atoms with Gasteiger partial charge in [0.15, 0.2) is 5.82 Å². The fourth-order valence-electron chi connectivity index (χ4n) is 0.958. The van der Waals surface area contributed by atoms with Gasteiger partial charge in [-0.1, -0.05) is 0 Å². The number of nitrogens with zero attached hydrogens (tertiary/aromatic N) is 3. The van der Waals surface area contributed by atoms with Gasteiger partial charge in [0.05, 0.1) is 0 Å². The lowest BCUT2D eigenvalue weighted by molar-refractivity contribution is 1.18. The van der Waals surface area contributed by atoms with Crippen LogP contribution >= 0.6 is 11.3 Å². The molecular formula is C8H5N3OS. The molecule has 64 valence electrons. The third-order valence-electron chi connectivity index (χ3n) is 1.51. The molecule has 0 aliphatic heterocycles. The van der Waals surface area contributed by atoms with Gasteiger partial charge < -0.3 is 0 Å². The summed E-state index contributed by atoms with van der Waals surface area (Å²) < 4.78 is 0. The van der Waals surface area contributed by atoms with Crippen molar-refractivity contribution in [1.82, 2.24) is 9.97 Å². The lowest BCUT2D eigenvalue weighted by atomic mass is 10.4. The third kappa shape index (κ3) is 1.46. The first-order valence-corrected chi connectivity index (χ1v) is 4.48. The molecule has 0 N–H and O–H groups in total. The molecule has 0 unspecified atom stereocenters. The van der Waals surface area contributed by atoms with Crippen molar-refractivity contribution in [2.75, 3.05) is 0 Å². The van der Waals surface area contributed by atoms with E-state index in [1.165, 1.54) is 11.3 Å². The number of aromatic nitrogens is 2. The van der Waals surface area contributed by atoms with Crippen LogP contribution in [0.5, 0.6) is 0 Å². The van der Waals surface area contributed by atoms with Crippen molar-refractivity contribution in [3.8, 4) is 10.7 Å². The van der Waals surface area contributed by atoms with E-state index in [9.17, 15) is 4.91 Å². The Hall–Kier alpha value is -1.62. The van der Waals surface area contributed by atoms with Gasteiger partial charge in [-0.05, 0) is 22.7 Å². The fourth-order valence-corrected chi connectivity index (χ4v) is 1.73. The van der Waals surface area contributed by atoms with E-state index in [1.54, 1.807) is 29.9 Å². The number of hydrogen-bond donors (Lipinski definition) is 0. The van der Waals surface area contributed by atoms with Gasteiger partial charge in [-0.3, -0.25) is 0 Å². The van der Waals surface area contributed by atoms with Gasteiger partial charge in [0.25, 0.3) is 0 Å². The maximum absolute atomic E-state index is 10.4. The summed E-state index contributed by atoms with van der Waals surface area (Å²) in [6.45, 7) is 0. The maximum atomic E-state index is 10.4. The zero-order valence-corrected chi connectivity index (χ0v) is 7.36. The molecule has 2 aromatic heterocycles. The van der Waals surface area contributed by atoms with Crippen molar-refractivity contribution in [2.24, 2.45) is 5.18 Å². The van der Waals surface area contributed by atoms with Crippen molar-refractivity contribution < 1.29 is 0 Å². The molecule has 2 rings (SSSR count). The van der Waals surface area contributed by atoms with Crippen LogP contribution < -0.4 is 0 Å². The topological polar surface area (TPSA) is 55.2 Å². The standard InChI is InChI=1S/C8H5N3OS/c12-11-6-2-5-13-7(6)8-9-3-1-4-10-8/h1-5H. The molecule has 0 bridgehead atoms. The molecular weight excluding hydrogens is 186 g/mol. The van der Waals surface area contributed by atoms with Crippen LogP contribution in [-0.2, 0) is 0 Å². The van der Waals surface area contributed by atoms with E-state index >= 15 is 0 Å². The minimum atomic E-state index is 0.399. The molecule has 2 aromatic rings. The fraction of sp³-hybridized carbons (Fsp3) is 0. The Morgan fingerprint density at radius 2 is 2.08 bits per heavy atom. The first kappa shape index (κ1) is 8.00. The molecule has 0 radical (unpaired) electrons. The minimum Gasteiger partial charge on any atom is -0.236 e. The highest BCUT2D eigenvalue weighted by atomic mass is 32.1. The van der Waals surface area contributed by atoms with Gasteiger partial charge in [-0.2, -0.15) is 0 Å². The molecule has 0 spiro atoms. The summed E-state index contributed by atoms with van der Waals surface area (Å²) in [6.07, 6.45) is 3.27. The molecule has 5 heteroatoms. The minimum absolute atomic E-state index is 0.399. The zero-order valence-electron chi connectivity index (χ0n) is 6.54. The second-order valence-corrected chi connectivity index (χ2v) is 3.21. The molecule has 2 heterocycles. The number of nitroso groups, excluding NO2 is 1. The Labute approximate surface area is 78.3 Å². The second-order valence-electron chi connectivity index (χ2n) is 2.30. The average Bonchev–Trinajstić information content (AvgIpc) is 2.67. The summed E-state index contributed by atoms with van der Waals surface area (Å²) in [5, 5.41) is 4.68. The Morgan fingerprint density at radius 3 is 2.77 bits per heavy atom. The third-order valence-corrected chi connectivity index (χ3v) is 2.41. The smallest absolute Gasteiger partial charge is 0.171 e. The monoisotopic (exact) mass is 191 g/mol. The van der Waals surface area contributed by atoms with Gasteiger partial charge in [-0.25, -0.2) is 9.97 Å². The summed E-state index contributed by atoms with van der Waals surface area (Å²) in [7, 11) is 0. The van der Waals surface area contributed by atoms with Gasteiger partial charge in [0, 0.05) is 12.4 Å². The van der Waals surface area contributed by atoms with Crippen LogP contribution in [0.1, 0.15) is 0 Å². The van der Waals surface area contributed by atoms with Crippen LogP contribution in [0.25, 0.3) is 10.7 Å². The van der Waals surface area contributed by atoms with E-state index in [0.29, 0.717) is 11.5 Å². The van der Waals surface area contributed by atoms with E-state index in [0.717, 1.165) is 4.88 Å². The summed E-state index contributed by atoms with van der Waals surface area (Å²) in [4.78, 5) is 19.1. The van der Waals surface area contributed by atoms with Gasteiger partial charge in [-0.15, -0.1) is 16.2 Å². The van der Waals surface area contributed by atoms with Crippen molar-refractivity contribution in [1.29, 1.82) is 0 Å². The summed E-state index contributed by atoms with van der Waals surface area (Å²) >= 11 is 1.41. The molecule has 0 saturated heterocycles. The SMILES string of the molecule is O=Nc1ccsc1-c1ncccn1. The molecule has 0 aliphatic carbocycles.